The molecule has 65 heavy (non-hydrogen) atoms. The van der Waals surface area contributed by atoms with E-state index in [4.69, 9.17) is 29.3 Å². The molecule has 0 unspecified atom stereocenters. The fourth-order valence-corrected chi connectivity index (χ4v) is 8.68. The number of furan rings is 1. The lowest BCUT2D eigenvalue weighted by Crippen LogP contribution is -2.00. The van der Waals surface area contributed by atoms with Crippen molar-refractivity contribution in [2.24, 2.45) is 0 Å². The molecule has 0 saturated heterocycles. The molecular weight excluding hydrogens is 795 g/mol. The first-order valence-corrected chi connectivity index (χ1v) is 21.6. The van der Waals surface area contributed by atoms with Crippen LogP contribution in [-0.4, -0.2) is 24.9 Å². The van der Waals surface area contributed by atoms with Crippen molar-refractivity contribution in [2.45, 2.75) is 0 Å². The summed E-state index contributed by atoms with van der Waals surface area (Å²) in [6, 6.07) is 77.0. The Hall–Kier alpha value is -8.87. The maximum atomic E-state index is 6.34. The molecule has 0 spiro atoms. The summed E-state index contributed by atoms with van der Waals surface area (Å²) >= 11 is 0. The molecule has 3 heterocycles. The summed E-state index contributed by atoms with van der Waals surface area (Å²) in [6.45, 7) is 0. The van der Waals surface area contributed by atoms with Crippen molar-refractivity contribution in [3.63, 3.8) is 0 Å². The van der Waals surface area contributed by atoms with Gasteiger partial charge in [-0.05, 0) is 81.6 Å². The lowest BCUT2D eigenvalue weighted by molar-refractivity contribution is 0.669. The summed E-state index contributed by atoms with van der Waals surface area (Å²) in [6.07, 6.45) is 0. The van der Waals surface area contributed by atoms with Crippen molar-refractivity contribution in [1.82, 2.24) is 24.9 Å². The third-order valence-corrected chi connectivity index (χ3v) is 11.9. The van der Waals surface area contributed by atoms with Crippen molar-refractivity contribution in [2.75, 3.05) is 0 Å². The second-order valence-electron chi connectivity index (χ2n) is 16.1. The highest BCUT2D eigenvalue weighted by Gasteiger charge is 2.17. The van der Waals surface area contributed by atoms with Gasteiger partial charge in [-0.25, -0.2) is 24.9 Å². The van der Waals surface area contributed by atoms with Crippen LogP contribution in [0.2, 0.25) is 0 Å². The minimum absolute atomic E-state index is 0.583. The van der Waals surface area contributed by atoms with E-state index >= 15 is 0 Å². The van der Waals surface area contributed by atoms with Crippen LogP contribution in [0.1, 0.15) is 0 Å². The molecule has 0 saturated carbocycles. The van der Waals surface area contributed by atoms with Gasteiger partial charge in [-0.2, -0.15) is 0 Å². The summed E-state index contributed by atoms with van der Waals surface area (Å²) in [4.78, 5) is 25.7. The number of benzene rings is 9. The second kappa shape index (κ2) is 16.1. The van der Waals surface area contributed by atoms with Gasteiger partial charge in [0.25, 0.3) is 0 Å². The molecule has 12 aromatic rings. The van der Waals surface area contributed by atoms with Gasteiger partial charge in [-0.15, -0.1) is 0 Å². The molecule has 0 atom stereocenters. The predicted octanol–water partition coefficient (Wildman–Crippen LogP) is 15.1. The van der Waals surface area contributed by atoms with Crippen LogP contribution in [0.3, 0.4) is 0 Å². The number of nitrogens with zero attached hydrogens (tertiary/aromatic N) is 5. The van der Waals surface area contributed by atoms with Crippen molar-refractivity contribution >= 4 is 32.7 Å². The maximum Gasteiger partial charge on any atom is 0.164 e. The number of hydrogen-bond acceptors (Lipinski definition) is 6. The van der Waals surface area contributed by atoms with Gasteiger partial charge in [0.15, 0.2) is 23.3 Å². The highest BCUT2D eigenvalue weighted by atomic mass is 16.3. The van der Waals surface area contributed by atoms with Gasteiger partial charge in [0.2, 0.25) is 0 Å². The Morgan fingerprint density at radius 3 is 1.35 bits per heavy atom. The molecule has 0 amide bonds. The predicted molar refractivity (Wildman–Crippen MR) is 264 cm³/mol. The van der Waals surface area contributed by atoms with Gasteiger partial charge in [-0.1, -0.05) is 176 Å². The fraction of sp³-hybridized carbons (Fsp3) is 0. The number of aromatic nitrogens is 5. The van der Waals surface area contributed by atoms with Crippen molar-refractivity contribution in [3.05, 3.63) is 224 Å². The largest absolute Gasteiger partial charge is 0.456 e. The van der Waals surface area contributed by atoms with E-state index in [1.165, 1.54) is 0 Å². The van der Waals surface area contributed by atoms with Crippen LogP contribution in [0, 0.1) is 0 Å². The first kappa shape index (κ1) is 37.9. The summed E-state index contributed by atoms with van der Waals surface area (Å²) in [5.41, 5.74) is 13.3. The molecule has 0 fully saturated rings. The molecule has 3 aromatic heterocycles. The van der Waals surface area contributed by atoms with Gasteiger partial charge in [0.1, 0.15) is 11.2 Å². The van der Waals surface area contributed by atoms with Crippen LogP contribution < -0.4 is 0 Å². The molecular formula is C59H37N5O. The monoisotopic (exact) mass is 831 g/mol. The van der Waals surface area contributed by atoms with E-state index in [-0.39, 0.29) is 0 Å². The topological polar surface area (TPSA) is 77.6 Å². The molecule has 0 aliphatic carbocycles. The van der Waals surface area contributed by atoms with E-state index in [2.05, 4.69) is 152 Å². The van der Waals surface area contributed by atoms with Gasteiger partial charge >= 0.3 is 0 Å². The zero-order chi connectivity index (χ0) is 43.1. The lowest BCUT2D eigenvalue weighted by atomic mass is 9.98. The highest BCUT2D eigenvalue weighted by Crippen LogP contribution is 2.38. The summed E-state index contributed by atoms with van der Waals surface area (Å²) < 4.78 is 6.34. The second-order valence-corrected chi connectivity index (χ2v) is 16.1. The SMILES string of the molecule is c1ccc(-c2cccc(-c3nc(-c4ccccc4)cc(-c4cccc(-c5cccc(-c6nc(-c7ccccc7)nc(-c7ccc8oc9ccc%10ccccc%10c9c8c7)n6)c5)c4)n3)c2)cc1. The van der Waals surface area contributed by atoms with E-state index in [9.17, 15) is 0 Å². The minimum atomic E-state index is 0.583. The quantitative estimate of drug-likeness (QED) is 0.152. The highest BCUT2D eigenvalue weighted by molar-refractivity contribution is 6.19. The zero-order valence-electron chi connectivity index (χ0n) is 35.0. The van der Waals surface area contributed by atoms with Crippen molar-refractivity contribution in [1.29, 1.82) is 0 Å². The molecule has 6 nitrogen and oxygen atoms in total. The first-order valence-electron chi connectivity index (χ1n) is 21.6. The minimum Gasteiger partial charge on any atom is -0.456 e. The molecule has 0 N–H and O–H groups in total. The van der Waals surface area contributed by atoms with E-state index in [0.29, 0.717) is 23.3 Å². The molecule has 0 radical (unpaired) electrons. The van der Waals surface area contributed by atoms with Crippen LogP contribution in [0.4, 0.5) is 0 Å². The Morgan fingerprint density at radius 2 is 0.692 bits per heavy atom. The molecule has 9 aromatic carbocycles. The van der Waals surface area contributed by atoms with Crippen molar-refractivity contribution in [3.8, 4) is 90.3 Å². The van der Waals surface area contributed by atoms with Crippen LogP contribution in [0.25, 0.3) is 123 Å². The van der Waals surface area contributed by atoms with Gasteiger partial charge in [0, 0.05) is 44.2 Å². The Balaban J connectivity index is 0.948. The maximum absolute atomic E-state index is 6.34. The van der Waals surface area contributed by atoms with Crippen LogP contribution in [0.15, 0.2) is 229 Å². The summed E-state index contributed by atoms with van der Waals surface area (Å²) in [5, 5.41) is 4.41. The molecule has 0 aliphatic rings. The first-order chi connectivity index (χ1) is 32.2. The average Bonchev–Trinajstić information content (AvgIpc) is 3.78. The third kappa shape index (κ3) is 7.29. The van der Waals surface area contributed by atoms with E-state index in [1.807, 2.05) is 72.8 Å². The standard InChI is InChI=1S/C59H37N5O/c1-4-15-38(16-5-1)42-22-13-26-46(34-42)57-60-51(40-18-6-2-7-19-40)37-52(61-57)45-25-12-23-43(33-45)44-24-14-27-47(35-44)58-62-56(41-20-8-3-9-21-41)63-59(64-58)48-30-31-53-50(36-48)55-49-28-11-10-17-39(49)29-32-54(55)65-53/h1-37H. The van der Waals surface area contributed by atoms with Crippen LogP contribution in [0.5, 0.6) is 0 Å². The summed E-state index contributed by atoms with van der Waals surface area (Å²) in [5.74, 6) is 2.43. The summed E-state index contributed by atoms with van der Waals surface area (Å²) in [7, 11) is 0. The molecule has 0 aliphatic heterocycles. The zero-order valence-corrected chi connectivity index (χ0v) is 35.0. The third-order valence-electron chi connectivity index (χ3n) is 11.9. The Kier molecular flexibility index (Phi) is 9.38. The molecule has 304 valence electrons. The van der Waals surface area contributed by atoms with E-state index in [0.717, 1.165) is 99.7 Å². The Labute approximate surface area is 375 Å². The van der Waals surface area contributed by atoms with E-state index in [1.54, 1.807) is 0 Å². The Bertz CT molecular complexity index is 3720. The molecule has 0 bridgehead atoms. The van der Waals surface area contributed by atoms with Crippen LogP contribution in [-0.2, 0) is 0 Å². The van der Waals surface area contributed by atoms with Gasteiger partial charge < -0.3 is 4.42 Å². The Morgan fingerprint density at radius 1 is 0.246 bits per heavy atom. The van der Waals surface area contributed by atoms with Crippen molar-refractivity contribution < 1.29 is 4.42 Å². The average molecular weight is 832 g/mol. The van der Waals surface area contributed by atoms with Gasteiger partial charge in [-0.3, -0.25) is 0 Å². The van der Waals surface area contributed by atoms with Gasteiger partial charge in [0.05, 0.1) is 11.4 Å². The smallest absolute Gasteiger partial charge is 0.164 e. The molecule has 12 rings (SSSR count). The molecule has 6 heteroatoms. The number of rotatable bonds is 8. The van der Waals surface area contributed by atoms with E-state index < -0.39 is 0 Å². The normalized spacial score (nSPS) is 11.4. The fourth-order valence-electron chi connectivity index (χ4n) is 8.68. The van der Waals surface area contributed by atoms with Crippen LogP contribution >= 0.6 is 0 Å². The lowest BCUT2D eigenvalue weighted by Gasteiger charge is -2.12. The number of fused-ring (bicyclic) bond motifs is 5. The number of hydrogen-bond donors (Lipinski definition) is 0.